The van der Waals surface area contributed by atoms with Crippen molar-refractivity contribution in [1.82, 2.24) is 34.8 Å². The molecule has 18 heteroatoms. The van der Waals surface area contributed by atoms with Gasteiger partial charge >= 0.3 is 0 Å². The second-order valence-electron chi connectivity index (χ2n) is 16.0. The van der Waals surface area contributed by atoms with Gasteiger partial charge in [0, 0.05) is 35.7 Å². The Hall–Kier alpha value is -5.44. The molecule has 5 aromatic rings. The number of pyridine rings is 1. The summed E-state index contributed by atoms with van der Waals surface area (Å²) in [6.45, 7) is 3.78. The van der Waals surface area contributed by atoms with Crippen LogP contribution in [0.5, 0.6) is 0 Å². The van der Waals surface area contributed by atoms with E-state index in [1.807, 2.05) is 4.90 Å². The Morgan fingerprint density at radius 1 is 1.00 bits per heavy atom. The molecule has 0 unspecified atom stereocenters. The van der Waals surface area contributed by atoms with E-state index in [-0.39, 0.29) is 58.6 Å². The number of aromatic nitrogens is 5. The van der Waals surface area contributed by atoms with Gasteiger partial charge in [-0.15, -0.1) is 0 Å². The number of fused-ring (bicyclic) bond motifs is 4. The van der Waals surface area contributed by atoms with E-state index in [4.69, 9.17) is 16.6 Å². The van der Waals surface area contributed by atoms with Gasteiger partial charge in [0.1, 0.15) is 40.9 Å². The average molecular weight is 853 g/mol. The Morgan fingerprint density at radius 2 is 1.70 bits per heavy atom. The number of aryl methyl sites for hydroxylation is 1. The Morgan fingerprint density at radius 3 is 2.38 bits per heavy atom. The zero-order valence-electron chi connectivity index (χ0n) is 32.6. The molecule has 0 bridgehead atoms. The number of amides is 2. The lowest BCUT2D eigenvalue weighted by atomic mass is 9.93. The highest BCUT2D eigenvalue weighted by atomic mass is 35.5. The molecule has 3 N–H and O–H groups in total. The van der Waals surface area contributed by atoms with Crippen molar-refractivity contribution < 1.29 is 41.0 Å². The van der Waals surface area contributed by atoms with Crippen molar-refractivity contribution in [2.24, 2.45) is 13.0 Å². The van der Waals surface area contributed by atoms with E-state index in [0.717, 1.165) is 38.1 Å². The molecule has 2 aliphatic carbocycles. The molecule has 60 heavy (non-hydrogen) atoms. The Kier molecular flexibility index (Phi) is 10.7. The molecule has 0 radical (unpaired) electrons. The first-order valence-corrected chi connectivity index (χ1v) is 19.7. The minimum absolute atomic E-state index is 0.0338. The van der Waals surface area contributed by atoms with Gasteiger partial charge in [-0.3, -0.25) is 23.9 Å². The Balaban J connectivity index is 1.24. The molecule has 4 heterocycles. The second-order valence-corrected chi connectivity index (χ2v) is 16.4. The van der Waals surface area contributed by atoms with E-state index in [1.54, 1.807) is 31.3 Å². The molecule has 2 aromatic carbocycles. The van der Waals surface area contributed by atoms with Crippen LogP contribution in [-0.2, 0) is 35.5 Å². The Bertz CT molecular complexity index is 2590. The number of hydrogen-bond acceptors (Lipinski definition) is 7. The fourth-order valence-electron chi connectivity index (χ4n) is 8.39. The second kappa shape index (κ2) is 15.5. The highest BCUT2D eigenvalue weighted by Gasteiger charge is 2.67. The Labute approximate surface area is 345 Å². The summed E-state index contributed by atoms with van der Waals surface area (Å²) in [6.07, 6.45) is -1.44. The third kappa shape index (κ3) is 8.07. The summed E-state index contributed by atoms with van der Waals surface area (Å²) in [5, 5.41) is 25.0. The van der Waals surface area contributed by atoms with Crippen molar-refractivity contribution in [1.29, 1.82) is 0 Å². The normalized spacial score (nSPS) is 18.6. The topological polar surface area (TPSA) is 130 Å². The molecule has 0 spiro atoms. The number of likely N-dealkylation sites (tertiary alicyclic amines) is 1. The molecule has 1 aliphatic heterocycles. The van der Waals surface area contributed by atoms with Crippen LogP contribution in [0.1, 0.15) is 85.4 Å². The lowest BCUT2D eigenvalue weighted by Gasteiger charge is -2.23. The van der Waals surface area contributed by atoms with Crippen molar-refractivity contribution in [3.8, 4) is 23.0 Å². The van der Waals surface area contributed by atoms with Crippen LogP contribution in [0.3, 0.4) is 0 Å². The fourth-order valence-corrected chi connectivity index (χ4v) is 8.63. The summed E-state index contributed by atoms with van der Waals surface area (Å²) in [7, 11) is 1.64. The first-order chi connectivity index (χ1) is 28.4. The maximum atomic E-state index is 15.5. The number of aliphatic hydroxyl groups is 1. The summed E-state index contributed by atoms with van der Waals surface area (Å²) in [5.41, 5.74) is -1.70. The molecule has 3 aliphatic rings. The van der Waals surface area contributed by atoms with Crippen molar-refractivity contribution in [3.05, 3.63) is 93.0 Å². The molecule has 11 nitrogen and oxygen atoms in total. The van der Waals surface area contributed by atoms with Gasteiger partial charge in [0.15, 0.2) is 5.82 Å². The number of nitrogens with zero attached hydrogens (tertiary/aromatic N) is 6. The fraction of sp³-hybridized carbons (Fsp3) is 0.405. The van der Waals surface area contributed by atoms with Crippen molar-refractivity contribution >= 4 is 40.1 Å². The van der Waals surface area contributed by atoms with Crippen molar-refractivity contribution in [2.75, 3.05) is 25.0 Å². The van der Waals surface area contributed by atoms with Gasteiger partial charge in [0.25, 0.3) is 12.3 Å². The van der Waals surface area contributed by atoms with Crippen LogP contribution in [0.2, 0.25) is 5.02 Å². The molecule has 1 saturated carbocycles. The van der Waals surface area contributed by atoms with Crippen LogP contribution < -0.4 is 10.6 Å². The lowest BCUT2D eigenvalue weighted by Crippen LogP contribution is -2.35. The number of carbonyl (C=O) groups excluding carboxylic acids is 2. The van der Waals surface area contributed by atoms with Crippen molar-refractivity contribution in [2.45, 2.75) is 76.0 Å². The van der Waals surface area contributed by atoms with E-state index in [1.165, 1.54) is 18.5 Å². The molecular weight excluding hydrogens is 814 g/mol. The predicted molar refractivity (Wildman–Crippen MR) is 209 cm³/mol. The molecule has 1 saturated heterocycles. The monoisotopic (exact) mass is 852 g/mol. The van der Waals surface area contributed by atoms with Crippen LogP contribution >= 0.6 is 11.6 Å². The third-order valence-electron chi connectivity index (χ3n) is 11.0. The van der Waals surface area contributed by atoms with Crippen LogP contribution in [0.25, 0.3) is 22.0 Å². The van der Waals surface area contributed by atoms with Crippen molar-refractivity contribution in [3.63, 3.8) is 0 Å². The number of anilines is 1. The van der Waals surface area contributed by atoms with E-state index in [9.17, 15) is 32.3 Å². The van der Waals surface area contributed by atoms with Gasteiger partial charge in [-0.05, 0) is 100 Å². The van der Waals surface area contributed by atoms with Gasteiger partial charge in [-0.25, -0.2) is 22.5 Å². The number of carbonyl (C=O) groups is 2. The summed E-state index contributed by atoms with van der Waals surface area (Å²) >= 11 is 6.77. The molecular formula is C42H39ClF6N8O3. The standard InChI is InChI=1S/C42H39ClF6N8O3/c1-41(2,60)11-10-24-6-7-25(26-8-9-29(43)34-37(26)55(3)54-40(34)52-31(58)19-56-12-4-5-13-56)35(50-24)30(16-21-14-22(44)17-23(45)15-21)51-32(59)20-57-38-33(36(53-57)39(46)47)27-18-28(27)42(38,48)49/h6-9,14-15,17,27-28,30,39,60H,4-5,12-13,16,18-20H2,1-3H3,(H,51,59)(H,52,54,58)/t27-,28+,30-/m0/s1. The molecule has 2 amide bonds. The molecule has 8 rings (SSSR count). The van der Waals surface area contributed by atoms with E-state index >= 15 is 8.78 Å². The lowest BCUT2D eigenvalue weighted by molar-refractivity contribution is -0.123. The zero-order chi connectivity index (χ0) is 42.8. The molecule has 3 aromatic heterocycles. The summed E-state index contributed by atoms with van der Waals surface area (Å²) in [6, 6.07) is 7.95. The van der Waals surface area contributed by atoms with Crippen LogP contribution in [0.15, 0.2) is 42.5 Å². The van der Waals surface area contributed by atoms with E-state index in [2.05, 4.69) is 32.7 Å². The number of alkyl halides is 4. The number of halogens is 7. The van der Waals surface area contributed by atoms with Crippen LogP contribution in [0.4, 0.5) is 32.2 Å². The number of nitrogens with one attached hydrogen (secondary N) is 2. The maximum Gasteiger partial charge on any atom is 0.293 e. The number of benzene rings is 2. The van der Waals surface area contributed by atoms with Crippen LogP contribution in [-0.4, -0.2) is 71.6 Å². The summed E-state index contributed by atoms with van der Waals surface area (Å²) in [4.78, 5) is 34.0. The van der Waals surface area contributed by atoms with Gasteiger partial charge in [-0.1, -0.05) is 23.6 Å². The molecule has 314 valence electrons. The summed E-state index contributed by atoms with van der Waals surface area (Å²) < 4.78 is 90.5. The van der Waals surface area contributed by atoms with E-state index in [0.29, 0.717) is 32.8 Å². The molecule has 2 fully saturated rings. The third-order valence-corrected chi connectivity index (χ3v) is 11.3. The highest BCUT2D eigenvalue weighted by Crippen LogP contribution is 2.68. The first kappa shape index (κ1) is 41.3. The largest absolute Gasteiger partial charge is 0.378 e. The first-order valence-electron chi connectivity index (χ1n) is 19.3. The van der Waals surface area contributed by atoms with E-state index < -0.39 is 71.3 Å². The van der Waals surface area contributed by atoms with Crippen LogP contribution in [0, 0.1) is 29.4 Å². The smallest absolute Gasteiger partial charge is 0.293 e. The zero-order valence-corrected chi connectivity index (χ0v) is 33.4. The van der Waals surface area contributed by atoms with Gasteiger partial charge < -0.3 is 15.7 Å². The quantitative estimate of drug-likeness (QED) is 0.0950. The predicted octanol–water partition coefficient (Wildman–Crippen LogP) is 7.17. The summed E-state index contributed by atoms with van der Waals surface area (Å²) in [5.74, 6) is -2.81. The average Bonchev–Trinajstić information content (AvgIpc) is 3.36. The SMILES string of the molecule is Cn1nc(NC(=O)CN2CCCC2)c2c(Cl)ccc(-c3ccc(C#CC(C)(C)O)nc3[C@H](Cc3cc(F)cc(F)c3)NC(=O)Cn3nc(C(F)F)c4c3C(F)(F)[C@@H]3C[C@H]43)c21. The highest BCUT2D eigenvalue weighted by molar-refractivity contribution is 6.37. The minimum Gasteiger partial charge on any atom is -0.378 e. The minimum atomic E-state index is -3.49. The number of hydrogen-bond donors (Lipinski definition) is 3. The number of rotatable bonds is 11. The maximum absolute atomic E-state index is 15.5. The van der Waals surface area contributed by atoms with Gasteiger partial charge in [0.05, 0.1) is 34.2 Å². The van der Waals surface area contributed by atoms with Gasteiger partial charge in [-0.2, -0.15) is 19.0 Å². The molecule has 3 atom stereocenters. The van der Waals surface area contributed by atoms with Gasteiger partial charge in [0.2, 0.25) is 11.8 Å².